The Labute approximate surface area is 57.1 Å². The number of rotatable bonds is 2. The van der Waals surface area contributed by atoms with Gasteiger partial charge in [-0.05, 0) is 25.2 Å². The Bertz CT molecular complexity index is 78.6. The van der Waals surface area contributed by atoms with Gasteiger partial charge in [0.2, 0.25) is 0 Å². The van der Waals surface area contributed by atoms with Crippen LogP contribution in [0, 0.1) is 5.92 Å². The molecule has 0 saturated heterocycles. The number of aliphatic hydroxyl groups excluding tert-OH is 1. The zero-order valence-corrected chi connectivity index (χ0v) is 6.14. The molecule has 1 heteroatoms. The van der Waals surface area contributed by atoms with E-state index in [9.17, 15) is 0 Å². The van der Waals surface area contributed by atoms with Gasteiger partial charge in [-0.15, -0.1) is 0 Å². The first kappa shape index (κ1) is 7.07. The highest BCUT2D eigenvalue weighted by atomic mass is 16.3. The molecule has 1 N–H and O–H groups in total. The summed E-state index contributed by atoms with van der Waals surface area (Å²) in [5.74, 6) is 0.838. The summed E-state index contributed by atoms with van der Waals surface area (Å²) >= 11 is 0. The molecule has 1 saturated carbocycles. The average Bonchev–Trinajstić information content (AvgIpc) is 2.17. The van der Waals surface area contributed by atoms with E-state index in [1.54, 1.807) is 0 Å². The maximum Gasteiger partial charge on any atom is 0.0543 e. The molecule has 9 heavy (non-hydrogen) atoms. The lowest BCUT2D eigenvalue weighted by atomic mass is 10.0. The number of aliphatic hydroxyl groups is 1. The van der Waals surface area contributed by atoms with Gasteiger partial charge in [-0.1, -0.05) is 19.8 Å². The SMILES string of the molecule is CCCC1CC[C@H](O)C1. The Hall–Kier alpha value is -0.0400. The molecule has 1 aliphatic carbocycles. The molecule has 0 spiro atoms. The summed E-state index contributed by atoms with van der Waals surface area (Å²) in [5.41, 5.74) is 0. The molecular formula is C8H16O. The van der Waals surface area contributed by atoms with Crippen molar-refractivity contribution in [2.24, 2.45) is 5.92 Å². The fourth-order valence-electron chi connectivity index (χ4n) is 1.72. The molecule has 0 bridgehead atoms. The number of hydrogen-bond acceptors (Lipinski definition) is 1. The van der Waals surface area contributed by atoms with E-state index in [1.165, 1.54) is 19.3 Å². The van der Waals surface area contributed by atoms with Gasteiger partial charge in [-0.3, -0.25) is 0 Å². The summed E-state index contributed by atoms with van der Waals surface area (Å²) in [6.07, 6.45) is 5.99. The first-order valence-electron chi connectivity index (χ1n) is 4.01. The van der Waals surface area contributed by atoms with E-state index in [0.717, 1.165) is 18.8 Å². The quantitative estimate of drug-likeness (QED) is 0.602. The van der Waals surface area contributed by atoms with Crippen molar-refractivity contribution in [1.29, 1.82) is 0 Å². The topological polar surface area (TPSA) is 20.2 Å². The van der Waals surface area contributed by atoms with E-state index in [4.69, 9.17) is 5.11 Å². The Morgan fingerprint density at radius 2 is 2.22 bits per heavy atom. The molecule has 1 aliphatic rings. The highest BCUT2D eigenvalue weighted by Crippen LogP contribution is 2.28. The van der Waals surface area contributed by atoms with Crippen molar-refractivity contribution in [1.82, 2.24) is 0 Å². The van der Waals surface area contributed by atoms with E-state index < -0.39 is 0 Å². The second-order valence-electron chi connectivity index (χ2n) is 3.12. The van der Waals surface area contributed by atoms with E-state index in [1.807, 2.05) is 0 Å². The molecule has 0 aliphatic heterocycles. The van der Waals surface area contributed by atoms with Crippen molar-refractivity contribution in [3.63, 3.8) is 0 Å². The molecule has 0 radical (unpaired) electrons. The molecule has 0 aromatic heterocycles. The van der Waals surface area contributed by atoms with Crippen molar-refractivity contribution >= 4 is 0 Å². The van der Waals surface area contributed by atoms with E-state index in [0.29, 0.717) is 0 Å². The van der Waals surface area contributed by atoms with Gasteiger partial charge in [-0.25, -0.2) is 0 Å². The van der Waals surface area contributed by atoms with Gasteiger partial charge in [-0.2, -0.15) is 0 Å². The standard InChI is InChI=1S/C8H16O/c1-2-3-7-4-5-8(9)6-7/h7-9H,2-6H2,1H3/t7?,8-/m0/s1. The zero-order valence-electron chi connectivity index (χ0n) is 6.14. The summed E-state index contributed by atoms with van der Waals surface area (Å²) in [5, 5.41) is 9.13. The Morgan fingerprint density at radius 3 is 2.67 bits per heavy atom. The Morgan fingerprint density at radius 1 is 1.44 bits per heavy atom. The minimum atomic E-state index is 0.0292. The summed E-state index contributed by atoms with van der Waals surface area (Å²) in [6.45, 7) is 2.21. The summed E-state index contributed by atoms with van der Waals surface area (Å²) < 4.78 is 0. The molecule has 54 valence electrons. The summed E-state index contributed by atoms with van der Waals surface area (Å²) in [7, 11) is 0. The van der Waals surface area contributed by atoms with Crippen LogP contribution in [0.3, 0.4) is 0 Å². The van der Waals surface area contributed by atoms with E-state index in [2.05, 4.69) is 6.92 Å². The maximum atomic E-state index is 9.13. The monoisotopic (exact) mass is 128 g/mol. The molecule has 1 rings (SSSR count). The van der Waals surface area contributed by atoms with Crippen LogP contribution in [0.4, 0.5) is 0 Å². The van der Waals surface area contributed by atoms with Crippen LogP contribution < -0.4 is 0 Å². The smallest absolute Gasteiger partial charge is 0.0543 e. The van der Waals surface area contributed by atoms with Crippen LogP contribution in [0.5, 0.6) is 0 Å². The molecular weight excluding hydrogens is 112 g/mol. The zero-order chi connectivity index (χ0) is 6.69. The molecule has 1 unspecified atom stereocenters. The van der Waals surface area contributed by atoms with Crippen LogP contribution >= 0.6 is 0 Å². The van der Waals surface area contributed by atoms with Crippen molar-refractivity contribution in [3.05, 3.63) is 0 Å². The molecule has 0 aromatic rings. The third kappa shape index (κ3) is 1.98. The fraction of sp³-hybridized carbons (Fsp3) is 1.00. The van der Waals surface area contributed by atoms with Crippen LogP contribution in [-0.2, 0) is 0 Å². The summed E-state index contributed by atoms with van der Waals surface area (Å²) in [4.78, 5) is 0. The van der Waals surface area contributed by atoms with E-state index >= 15 is 0 Å². The van der Waals surface area contributed by atoms with E-state index in [-0.39, 0.29) is 6.10 Å². The molecule has 1 nitrogen and oxygen atoms in total. The average molecular weight is 128 g/mol. The maximum absolute atomic E-state index is 9.13. The third-order valence-corrected chi connectivity index (χ3v) is 2.21. The molecule has 2 atom stereocenters. The van der Waals surface area contributed by atoms with Crippen LogP contribution in [-0.4, -0.2) is 11.2 Å². The largest absolute Gasteiger partial charge is 0.393 e. The highest BCUT2D eigenvalue weighted by Gasteiger charge is 2.21. The fourth-order valence-corrected chi connectivity index (χ4v) is 1.72. The molecule has 0 amide bonds. The lowest BCUT2D eigenvalue weighted by Gasteiger charge is -2.04. The lowest BCUT2D eigenvalue weighted by Crippen LogP contribution is -1.99. The molecule has 1 fully saturated rings. The van der Waals surface area contributed by atoms with Crippen LogP contribution in [0.25, 0.3) is 0 Å². The third-order valence-electron chi connectivity index (χ3n) is 2.21. The number of hydrogen-bond donors (Lipinski definition) is 1. The predicted octanol–water partition coefficient (Wildman–Crippen LogP) is 1.95. The molecule has 0 aromatic carbocycles. The van der Waals surface area contributed by atoms with Gasteiger partial charge in [0.05, 0.1) is 6.10 Å². The van der Waals surface area contributed by atoms with Gasteiger partial charge in [0, 0.05) is 0 Å². The van der Waals surface area contributed by atoms with Gasteiger partial charge in [0.25, 0.3) is 0 Å². The molecule has 0 heterocycles. The van der Waals surface area contributed by atoms with Crippen LogP contribution in [0.2, 0.25) is 0 Å². The predicted molar refractivity (Wildman–Crippen MR) is 38.3 cm³/mol. The van der Waals surface area contributed by atoms with Gasteiger partial charge < -0.3 is 5.11 Å². The minimum Gasteiger partial charge on any atom is -0.393 e. The van der Waals surface area contributed by atoms with Crippen molar-refractivity contribution in [2.75, 3.05) is 0 Å². The second kappa shape index (κ2) is 3.21. The highest BCUT2D eigenvalue weighted by molar-refractivity contribution is 4.73. The lowest BCUT2D eigenvalue weighted by molar-refractivity contribution is 0.177. The summed E-state index contributed by atoms with van der Waals surface area (Å²) in [6, 6.07) is 0. The van der Waals surface area contributed by atoms with Gasteiger partial charge in [0.15, 0.2) is 0 Å². The van der Waals surface area contributed by atoms with Gasteiger partial charge >= 0.3 is 0 Å². The Kier molecular flexibility index (Phi) is 2.52. The van der Waals surface area contributed by atoms with Crippen LogP contribution in [0.1, 0.15) is 39.0 Å². The van der Waals surface area contributed by atoms with Crippen molar-refractivity contribution in [2.45, 2.75) is 45.1 Å². The second-order valence-corrected chi connectivity index (χ2v) is 3.12. The Balaban J connectivity index is 2.14. The van der Waals surface area contributed by atoms with Gasteiger partial charge in [0.1, 0.15) is 0 Å². The van der Waals surface area contributed by atoms with Crippen LogP contribution in [0.15, 0.2) is 0 Å². The first-order valence-corrected chi connectivity index (χ1v) is 4.01. The minimum absolute atomic E-state index is 0.0292. The van der Waals surface area contributed by atoms with Crippen molar-refractivity contribution < 1.29 is 5.11 Å². The van der Waals surface area contributed by atoms with Crippen molar-refractivity contribution in [3.8, 4) is 0 Å². The first-order chi connectivity index (χ1) is 4.33. The normalized spacial score (nSPS) is 35.3.